The summed E-state index contributed by atoms with van der Waals surface area (Å²) >= 11 is 5.98. The van der Waals surface area contributed by atoms with Gasteiger partial charge in [0.25, 0.3) is 0 Å². The van der Waals surface area contributed by atoms with Crippen molar-refractivity contribution in [2.45, 2.75) is 6.92 Å². The molecule has 2 aromatic rings. The molecule has 1 aromatic heterocycles. The summed E-state index contributed by atoms with van der Waals surface area (Å²) in [5.74, 6) is -0.0352. The van der Waals surface area contributed by atoms with E-state index in [1.807, 2.05) is 18.3 Å². The third kappa shape index (κ3) is 1.92. The lowest BCUT2D eigenvalue weighted by Gasteiger charge is -2.04. The van der Waals surface area contributed by atoms with E-state index in [4.69, 9.17) is 11.6 Å². The second-order valence-corrected chi connectivity index (χ2v) is 3.58. The minimum atomic E-state index is -0.0352. The first-order valence-corrected chi connectivity index (χ1v) is 4.87. The van der Waals surface area contributed by atoms with Crippen LogP contribution in [0.3, 0.4) is 0 Å². The van der Waals surface area contributed by atoms with Crippen LogP contribution < -0.4 is 0 Å². The van der Waals surface area contributed by atoms with Crippen molar-refractivity contribution in [2.75, 3.05) is 0 Å². The number of rotatable bonds is 2. The molecule has 4 heteroatoms. The van der Waals surface area contributed by atoms with E-state index in [1.54, 1.807) is 23.0 Å². The molecule has 0 aliphatic heterocycles. The lowest BCUT2D eigenvalue weighted by atomic mass is 10.1. The molecule has 0 amide bonds. The topological polar surface area (TPSA) is 34.9 Å². The highest BCUT2D eigenvalue weighted by Crippen LogP contribution is 2.20. The highest BCUT2D eigenvalue weighted by Gasteiger charge is 2.06. The highest BCUT2D eigenvalue weighted by molar-refractivity contribution is 6.34. The minimum Gasteiger partial charge on any atom is -0.294 e. The number of halogens is 1. The maximum atomic E-state index is 11.2. The molecule has 0 fully saturated rings. The third-order valence-corrected chi connectivity index (χ3v) is 2.41. The van der Waals surface area contributed by atoms with E-state index in [-0.39, 0.29) is 5.78 Å². The lowest BCUT2D eigenvalue weighted by molar-refractivity contribution is 0.101. The fourth-order valence-corrected chi connectivity index (χ4v) is 1.66. The van der Waals surface area contributed by atoms with Crippen molar-refractivity contribution in [2.24, 2.45) is 0 Å². The third-order valence-electron chi connectivity index (χ3n) is 2.10. The molecule has 3 nitrogen and oxygen atoms in total. The van der Waals surface area contributed by atoms with Gasteiger partial charge < -0.3 is 0 Å². The van der Waals surface area contributed by atoms with E-state index in [1.165, 1.54) is 6.92 Å². The Morgan fingerprint density at radius 2 is 2.27 bits per heavy atom. The molecule has 0 saturated heterocycles. The van der Waals surface area contributed by atoms with E-state index < -0.39 is 0 Å². The fraction of sp³-hybridized carbons (Fsp3) is 0.0909. The fourth-order valence-electron chi connectivity index (χ4n) is 1.35. The predicted octanol–water partition coefficient (Wildman–Crippen LogP) is 2.73. The van der Waals surface area contributed by atoms with Crippen molar-refractivity contribution in [1.82, 2.24) is 9.78 Å². The molecular weight excluding hydrogens is 212 g/mol. The number of hydrogen-bond acceptors (Lipinski definition) is 2. The Morgan fingerprint density at radius 3 is 2.80 bits per heavy atom. The molecule has 76 valence electrons. The Morgan fingerprint density at radius 1 is 1.47 bits per heavy atom. The van der Waals surface area contributed by atoms with Crippen LogP contribution in [0, 0.1) is 0 Å². The van der Waals surface area contributed by atoms with Crippen LogP contribution in [0.1, 0.15) is 17.3 Å². The first-order chi connectivity index (χ1) is 7.18. The first kappa shape index (κ1) is 9.93. The zero-order valence-electron chi connectivity index (χ0n) is 8.14. The molecule has 15 heavy (non-hydrogen) atoms. The Kier molecular flexibility index (Phi) is 2.56. The summed E-state index contributed by atoms with van der Waals surface area (Å²) in [4.78, 5) is 11.2. The summed E-state index contributed by atoms with van der Waals surface area (Å²) in [6, 6.07) is 7.08. The highest BCUT2D eigenvalue weighted by atomic mass is 35.5. The predicted molar refractivity (Wildman–Crippen MR) is 58.6 cm³/mol. The molecule has 1 aromatic carbocycles. The van der Waals surface area contributed by atoms with Crippen molar-refractivity contribution in [1.29, 1.82) is 0 Å². The van der Waals surface area contributed by atoms with Gasteiger partial charge in [0.1, 0.15) is 0 Å². The van der Waals surface area contributed by atoms with Crippen LogP contribution in [0.15, 0.2) is 36.7 Å². The van der Waals surface area contributed by atoms with Crippen LogP contribution in [-0.4, -0.2) is 15.6 Å². The summed E-state index contributed by atoms with van der Waals surface area (Å²) in [5, 5.41) is 4.53. The summed E-state index contributed by atoms with van der Waals surface area (Å²) in [6.07, 6.45) is 3.51. The van der Waals surface area contributed by atoms with Crippen LogP contribution in [0.4, 0.5) is 0 Å². The van der Waals surface area contributed by atoms with Gasteiger partial charge in [-0.3, -0.25) is 4.79 Å². The van der Waals surface area contributed by atoms with Gasteiger partial charge in [-0.05, 0) is 31.2 Å². The van der Waals surface area contributed by atoms with Crippen molar-refractivity contribution in [3.63, 3.8) is 0 Å². The van der Waals surface area contributed by atoms with Crippen LogP contribution in [0.5, 0.6) is 0 Å². The summed E-state index contributed by atoms with van der Waals surface area (Å²) in [6.45, 7) is 1.49. The Hall–Kier alpha value is -1.61. The van der Waals surface area contributed by atoms with Gasteiger partial charge in [-0.2, -0.15) is 5.10 Å². The van der Waals surface area contributed by atoms with Gasteiger partial charge in [-0.25, -0.2) is 4.68 Å². The van der Waals surface area contributed by atoms with E-state index >= 15 is 0 Å². The van der Waals surface area contributed by atoms with E-state index in [0.717, 1.165) is 5.69 Å². The van der Waals surface area contributed by atoms with Crippen LogP contribution in [0.2, 0.25) is 5.02 Å². The largest absolute Gasteiger partial charge is 0.294 e. The van der Waals surface area contributed by atoms with E-state index in [0.29, 0.717) is 10.6 Å². The number of hydrogen-bond donors (Lipinski definition) is 0. The smallest absolute Gasteiger partial charge is 0.161 e. The van der Waals surface area contributed by atoms with Gasteiger partial charge in [0, 0.05) is 18.0 Å². The number of carbonyl (C=O) groups excluding carboxylic acids is 1. The van der Waals surface area contributed by atoms with Crippen LogP contribution in [-0.2, 0) is 0 Å². The maximum absolute atomic E-state index is 11.2. The Balaban J connectivity index is 2.47. The molecule has 0 spiro atoms. The van der Waals surface area contributed by atoms with Gasteiger partial charge in [0.15, 0.2) is 5.78 Å². The van der Waals surface area contributed by atoms with E-state index in [9.17, 15) is 4.79 Å². The number of aromatic nitrogens is 2. The molecule has 1 heterocycles. The molecule has 0 atom stereocenters. The molecule has 0 aliphatic carbocycles. The molecule has 0 radical (unpaired) electrons. The van der Waals surface area contributed by atoms with Crippen LogP contribution in [0.25, 0.3) is 5.69 Å². The molecule has 0 bridgehead atoms. The average molecular weight is 221 g/mol. The number of benzene rings is 1. The van der Waals surface area contributed by atoms with Crippen molar-refractivity contribution < 1.29 is 4.79 Å². The van der Waals surface area contributed by atoms with Crippen molar-refractivity contribution >= 4 is 17.4 Å². The molecule has 0 unspecified atom stereocenters. The SMILES string of the molecule is CC(=O)c1ccc(-n2cccn2)cc1Cl. The molecule has 0 N–H and O–H groups in total. The first-order valence-electron chi connectivity index (χ1n) is 4.49. The van der Waals surface area contributed by atoms with Gasteiger partial charge in [-0.15, -0.1) is 0 Å². The van der Waals surface area contributed by atoms with Crippen LogP contribution >= 0.6 is 11.6 Å². The van der Waals surface area contributed by atoms with Gasteiger partial charge in [0.05, 0.1) is 10.7 Å². The average Bonchev–Trinajstić information content (AvgIpc) is 2.69. The Bertz CT molecular complexity index is 491. The normalized spacial score (nSPS) is 10.3. The van der Waals surface area contributed by atoms with Gasteiger partial charge >= 0.3 is 0 Å². The number of carbonyl (C=O) groups is 1. The molecular formula is C11H9ClN2O. The summed E-state index contributed by atoms with van der Waals surface area (Å²) in [7, 11) is 0. The second kappa shape index (κ2) is 3.87. The number of nitrogens with zero attached hydrogens (tertiary/aromatic N) is 2. The quantitative estimate of drug-likeness (QED) is 0.730. The molecule has 0 aliphatic rings. The zero-order chi connectivity index (χ0) is 10.8. The van der Waals surface area contributed by atoms with Crippen molar-refractivity contribution in [3.8, 4) is 5.69 Å². The lowest BCUT2D eigenvalue weighted by Crippen LogP contribution is -1.98. The molecule has 2 rings (SSSR count). The Labute approximate surface area is 92.3 Å². The van der Waals surface area contributed by atoms with Gasteiger partial charge in [0.2, 0.25) is 0 Å². The van der Waals surface area contributed by atoms with Crippen molar-refractivity contribution in [3.05, 3.63) is 47.2 Å². The monoisotopic (exact) mass is 220 g/mol. The molecule has 0 saturated carbocycles. The second-order valence-electron chi connectivity index (χ2n) is 3.17. The number of ketones is 1. The van der Waals surface area contributed by atoms with E-state index in [2.05, 4.69) is 5.10 Å². The maximum Gasteiger partial charge on any atom is 0.161 e. The van der Waals surface area contributed by atoms with Gasteiger partial charge in [-0.1, -0.05) is 11.6 Å². The number of Topliss-reactive ketones (excluding diaryl/α,β-unsaturated/α-hetero) is 1. The summed E-state index contributed by atoms with van der Waals surface area (Å²) in [5.41, 5.74) is 1.38. The minimum absolute atomic E-state index is 0.0352. The standard InChI is InChI=1S/C11H9ClN2O/c1-8(15)10-4-3-9(7-11(10)12)14-6-2-5-13-14/h2-7H,1H3. The zero-order valence-corrected chi connectivity index (χ0v) is 8.90. The summed E-state index contributed by atoms with van der Waals surface area (Å²) < 4.78 is 1.69.